The molecule has 0 spiro atoms. The second-order valence-electron chi connectivity index (χ2n) is 7.22. The van der Waals surface area contributed by atoms with Gasteiger partial charge in [-0.1, -0.05) is 0 Å². The van der Waals surface area contributed by atoms with E-state index in [1.54, 1.807) is 7.05 Å². The average Bonchev–Trinajstić information content (AvgIpc) is 2.66. The number of likely N-dealkylation sites (tertiary alicyclic amines) is 1. The first-order valence-corrected chi connectivity index (χ1v) is 12.0. The molecule has 0 bridgehead atoms. The van der Waals surface area contributed by atoms with Crippen LogP contribution in [0.3, 0.4) is 0 Å². The molecule has 0 aromatic rings. The van der Waals surface area contributed by atoms with Gasteiger partial charge in [-0.25, -0.2) is 8.42 Å². The molecular formula is C18H36IN3O5S. The fraction of sp³-hybridized carbons (Fsp3) is 0.944. The molecule has 0 aromatic carbocycles. The Morgan fingerprint density at radius 3 is 2.57 bits per heavy atom. The number of rotatable bonds is 9. The summed E-state index contributed by atoms with van der Waals surface area (Å²) in [4.78, 5) is 6.56. The second kappa shape index (κ2) is 13.9. The summed E-state index contributed by atoms with van der Waals surface area (Å²) in [5.41, 5.74) is 0. The monoisotopic (exact) mass is 533 g/mol. The zero-order valence-corrected chi connectivity index (χ0v) is 20.2. The fourth-order valence-electron chi connectivity index (χ4n) is 3.30. The smallest absolute Gasteiger partial charge is 0.193 e. The van der Waals surface area contributed by atoms with Gasteiger partial charge in [-0.2, -0.15) is 0 Å². The Hall–Kier alpha value is -0.170. The molecule has 166 valence electrons. The summed E-state index contributed by atoms with van der Waals surface area (Å²) in [6.07, 6.45) is 7.28. The van der Waals surface area contributed by atoms with Crippen LogP contribution >= 0.6 is 24.0 Å². The Balaban J connectivity index is 0.00000392. The summed E-state index contributed by atoms with van der Waals surface area (Å²) in [5, 5.41) is 3.28. The van der Waals surface area contributed by atoms with Crippen LogP contribution in [0.2, 0.25) is 0 Å². The first kappa shape index (κ1) is 25.9. The second-order valence-corrected chi connectivity index (χ2v) is 9.48. The Labute approximate surface area is 186 Å². The Kier molecular flexibility index (Phi) is 12.9. The van der Waals surface area contributed by atoms with E-state index in [-0.39, 0.29) is 42.4 Å². The first-order valence-electron chi connectivity index (χ1n) is 9.92. The van der Waals surface area contributed by atoms with Crippen molar-refractivity contribution in [3.63, 3.8) is 0 Å². The molecule has 2 aliphatic heterocycles. The summed E-state index contributed by atoms with van der Waals surface area (Å²) < 4.78 is 39.2. The summed E-state index contributed by atoms with van der Waals surface area (Å²) >= 11 is 0. The molecule has 2 heterocycles. The lowest BCUT2D eigenvalue weighted by atomic mass is 10.1. The van der Waals surface area contributed by atoms with Crippen molar-refractivity contribution in [3.05, 3.63) is 0 Å². The molecule has 8 nitrogen and oxygen atoms in total. The maximum Gasteiger partial charge on any atom is 0.193 e. The zero-order chi connectivity index (χ0) is 19.5. The van der Waals surface area contributed by atoms with Crippen molar-refractivity contribution in [2.75, 3.05) is 65.1 Å². The van der Waals surface area contributed by atoms with Gasteiger partial charge in [0.15, 0.2) is 5.96 Å². The lowest BCUT2D eigenvalue weighted by Crippen LogP contribution is -2.48. The van der Waals surface area contributed by atoms with E-state index in [1.165, 1.54) is 19.1 Å². The van der Waals surface area contributed by atoms with Crippen molar-refractivity contribution in [1.82, 2.24) is 10.2 Å². The Bertz CT molecular complexity index is 547. The number of ether oxygens (including phenoxy) is 3. The Morgan fingerprint density at radius 2 is 1.96 bits per heavy atom. The van der Waals surface area contributed by atoms with Crippen molar-refractivity contribution in [2.24, 2.45) is 4.99 Å². The topological polar surface area (TPSA) is 89.5 Å². The number of halogens is 1. The van der Waals surface area contributed by atoms with Crippen LogP contribution in [0.25, 0.3) is 0 Å². The molecule has 2 fully saturated rings. The average molecular weight is 533 g/mol. The lowest BCUT2D eigenvalue weighted by Gasteiger charge is -2.35. The summed E-state index contributed by atoms with van der Waals surface area (Å²) in [6, 6.07) is 0. The van der Waals surface area contributed by atoms with Crippen molar-refractivity contribution in [1.29, 1.82) is 0 Å². The van der Waals surface area contributed by atoms with E-state index < -0.39 is 9.84 Å². The van der Waals surface area contributed by atoms with Crippen LogP contribution in [-0.2, 0) is 24.0 Å². The molecule has 2 saturated heterocycles. The van der Waals surface area contributed by atoms with Crippen LogP contribution < -0.4 is 5.32 Å². The predicted molar refractivity (Wildman–Crippen MR) is 121 cm³/mol. The van der Waals surface area contributed by atoms with E-state index in [2.05, 4.69) is 15.2 Å². The number of sulfone groups is 1. The number of hydrogen-bond donors (Lipinski definition) is 1. The van der Waals surface area contributed by atoms with Crippen molar-refractivity contribution < 1.29 is 22.6 Å². The molecule has 0 saturated carbocycles. The molecule has 2 rings (SSSR count). The van der Waals surface area contributed by atoms with Gasteiger partial charge in [-0.05, 0) is 32.1 Å². The van der Waals surface area contributed by atoms with Crippen molar-refractivity contribution in [3.8, 4) is 0 Å². The minimum Gasteiger partial charge on any atom is -0.379 e. The quantitative estimate of drug-likeness (QED) is 0.207. The number of guanidine groups is 1. The number of hydrogen-bond acceptors (Lipinski definition) is 6. The first-order chi connectivity index (χ1) is 13.0. The molecule has 1 N–H and O–H groups in total. The number of aliphatic imine (C=N–C) groups is 1. The SMILES string of the molecule is CN=C(NCCOCCS(C)(=O)=O)N1CCC(OCC2CCCCO2)CC1.I. The molecule has 1 unspecified atom stereocenters. The van der Waals surface area contributed by atoms with E-state index in [4.69, 9.17) is 14.2 Å². The molecule has 28 heavy (non-hydrogen) atoms. The van der Waals surface area contributed by atoms with Gasteiger partial charge in [0.05, 0.1) is 37.8 Å². The molecule has 0 amide bonds. The summed E-state index contributed by atoms with van der Waals surface area (Å²) in [5.74, 6) is 0.914. The van der Waals surface area contributed by atoms with Crippen molar-refractivity contribution >= 4 is 39.8 Å². The van der Waals surface area contributed by atoms with Gasteiger partial charge in [-0.15, -0.1) is 24.0 Å². The van der Waals surface area contributed by atoms with E-state index >= 15 is 0 Å². The largest absolute Gasteiger partial charge is 0.379 e. The van der Waals surface area contributed by atoms with E-state index in [9.17, 15) is 8.42 Å². The van der Waals surface area contributed by atoms with Gasteiger partial charge in [0.2, 0.25) is 0 Å². The molecule has 10 heteroatoms. The molecule has 0 aromatic heterocycles. The molecule has 0 radical (unpaired) electrons. The van der Waals surface area contributed by atoms with Crippen LogP contribution in [0.5, 0.6) is 0 Å². The number of nitrogens with one attached hydrogen (secondary N) is 1. The zero-order valence-electron chi connectivity index (χ0n) is 17.1. The standard InChI is InChI=1S/C18H35N3O5S.HI/c1-19-18(20-8-12-24-13-14-27(2,22)23)21-9-6-16(7-10-21)26-15-17-5-3-4-11-25-17;/h16-17H,3-15H2,1-2H3,(H,19,20);1H. The normalized spacial score (nSPS) is 22.0. The van der Waals surface area contributed by atoms with Crippen molar-refractivity contribution in [2.45, 2.75) is 44.3 Å². The van der Waals surface area contributed by atoms with E-state index in [0.717, 1.165) is 44.9 Å². The third-order valence-corrected chi connectivity index (χ3v) is 5.78. The maximum atomic E-state index is 11.0. The molecule has 0 aliphatic carbocycles. The highest BCUT2D eigenvalue weighted by molar-refractivity contribution is 14.0. The van der Waals surface area contributed by atoms with Crippen LogP contribution in [0.15, 0.2) is 4.99 Å². The molecule has 2 aliphatic rings. The highest BCUT2D eigenvalue weighted by Gasteiger charge is 2.23. The van der Waals surface area contributed by atoms with E-state index in [1.807, 2.05) is 0 Å². The van der Waals surface area contributed by atoms with Gasteiger partial charge in [0, 0.05) is 39.5 Å². The maximum absolute atomic E-state index is 11.0. The number of piperidine rings is 1. The summed E-state index contributed by atoms with van der Waals surface area (Å²) in [7, 11) is -1.19. The lowest BCUT2D eigenvalue weighted by molar-refractivity contribution is -0.0721. The highest BCUT2D eigenvalue weighted by Crippen LogP contribution is 2.17. The fourth-order valence-corrected chi connectivity index (χ4v) is 3.72. The minimum absolute atomic E-state index is 0. The van der Waals surface area contributed by atoms with Gasteiger partial charge in [0.1, 0.15) is 9.84 Å². The van der Waals surface area contributed by atoms with Crippen LogP contribution in [0, 0.1) is 0 Å². The number of nitrogens with zero attached hydrogens (tertiary/aromatic N) is 2. The van der Waals surface area contributed by atoms with E-state index in [0.29, 0.717) is 25.9 Å². The van der Waals surface area contributed by atoms with Gasteiger partial charge in [0.25, 0.3) is 0 Å². The Morgan fingerprint density at radius 1 is 1.21 bits per heavy atom. The molecule has 1 atom stereocenters. The van der Waals surface area contributed by atoms with Gasteiger partial charge >= 0.3 is 0 Å². The third kappa shape index (κ3) is 10.6. The highest BCUT2D eigenvalue weighted by atomic mass is 127. The predicted octanol–water partition coefficient (Wildman–Crippen LogP) is 1.29. The van der Waals surface area contributed by atoms with Crippen LogP contribution in [-0.4, -0.2) is 96.6 Å². The molecular weight excluding hydrogens is 497 g/mol. The van der Waals surface area contributed by atoms with Gasteiger partial charge in [-0.3, -0.25) is 4.99 Å². The third-order valence-electron chi connectivity index (χ3n) is 4.87. The van der Waals surface area contributed by atoms with Crippen LogP contribution in [0.1, 0.15) is 32.1 Å². The summed E-state index contributed by atoms with van der Waals surface area (Å²) in [6.45, 7) is 4.68. The van der Waals surface area contributed by atoms with Gasteiger partial charge < -0.3 is 24.4 Å². The van der Waals surface area contributed by atoms with Crippen LogP contribution in [0.4, 0.5) is 0 Å². The minimum atomic E-state index is -2.96.